The van der Waals surface area contributed by atoms with E-state index in [4.69, 9.17) is 4.74 Å². The third kappa shape index (κ3) is 9.38. The van der Waals surface area contributed by atoms with Crippen molar-refractivity contribution in [2.24, 2.45) is 16.8 Å². The highest BCUT2D eigenvalue weighted by molar-refractivity contribution is 14.0. The van der Waals surface area contributed by atoms with Crippen LogP contribution in [0.3, 0.4) is 0 Å². The molecule has 0 aliphatic heterocycles. The fourth-order valence-corrected chi connectivity index (χ4v) is 2.36. The highest BCUT2D eigenvalue weighted by atomic mass is 127. The van der Waals surface area contributed by atoms with Crippen LogP contribution in [0.5, 0.6) is 0 Å². The van der Waals surface area contributed by atoms with Gasteiger partial charge in [-0.25, -0.2) is 0 Å². The van der Waals surface area contributed by atoms with Crippen LogP contribution in [-0.2, 0) is 16.1 Å². The summed E-state index contributed by atoms with van der Waals surface area (Å²) in [5, 5.41) is 9.42. The number of guanidine groups is 1. The molecule has 1 aliphatic rings. The summed E-state index contributed by atoms with van der Waals surface area (Å²) in [6.07, 6.45) is 2.07. The molecule has 3 N–H and O–H groups in total. The van der Waals surface area contributed by atoms with E-state index in [-0.39, 0.29) is 35.8 Å². The van der Waals surface area contributed by atoms with Crippen LogP contribution < -0.4 is 16.0 Å². The Balaban J connectivity index is 0.00000338. The SMILES string of the molecule is CN=C(NCCNC(=O)C1CC1)NCC(C)COCc1ccccc1.I. The molecule has 0 spiro atoms. The van der Waals surface area contributed by atoms with Crippen molar-refractivity contribution >= 4 is 35.8 Å². The Morgan fingerprint density at radius 1 is 1.19 bits per heavy atom. The second-order valence-electron chi connectivity index (χ2n) is 6.55. The molecule has 146 valence electrons. The van der Waals surface area contributed by atoms with Crippen molar-refractivity contribution in [3.63, 3.8) is 0 Å². The van der Waals surface area contributed by atoms with Gasteiger partial charge in [0, 0.05) is 32.6 Å². The van der Waals surface area contributed by atoms with E-state index >= 15 is 0 Å². The Morgan fingerprint density at radius 2 is 1.88 bits per heavy atom. The Hall–Kier alpha value is -1.35. The minimum absolute atomic E-state index is 0. The van der Waals surface area contributed by atoms with Crippen molar-refractivity contribution in [3.8, 4) is 0 Å². The van der Waals surface area contributed by atoms with E-state index in [9.17, 15) is 4.79 Å². The molecule has 1 unspecified atom stereocenters. The maximum atomic E-state index is 11.5. The van der Waals surface area contributed by atoms with E-state index in [0.717, 1.165) is 25.3 Å². The molecule has 7 heteroatoms. The molecule has 1 aliphatic carbocycles. The number of benzene rings is 1. The first kappa shape index (κ1) is 22.7. The van der Waals surface area contributed by atoms with Gasteiger partial charge in [0.1, 0.15) is 0 Å². The number of aliphatic imine (C=N–C) groups is 1. The van der Waals surface area contributed by atoms with E-state index in [1.165, 1.54) is 5.56 Å². The van der Waals surface area contributed by atoms with Gasteiger partial charge in [-0.15, -0.1) is 24.0 Å². The van der Waals surface area contributed by atoms with Gasteiger partial charge in [-0.1, -0.05) is 37.3 Å². The van der Waals surface area contributed by atoms with Gasteiger partial charge >= 0.3 is 0 Å². The Bertz CT molecular complexity index is 550. The fraction of sp³-hybridized carbons (Fsp3) is 0.579. The molecular weight excluding hydrogens is 443 g/mol. The maximum Gasteiger partial charge on any atom is 0.223 e. The molecule has 1 aromatic carbocycles. The minimum Gasteiger partial charge on any atom is -0.376 e. The van der Waals surface area contributed by atoms with Gasteiger partial charge in [0.25, 0.3) is 0 Å². The van der Waals surface area contributed by atoms with Crippen LogP contribution in [0.1, 0.15) is 25.3 Å². The first-order valence-electron chi connectivity index (χ1n) is 9.03. The molecule has 1 aromatic rings. The normalized spacial score (nSPS) is 14.9. The monoisotopic (exact) mass is 474 g/mol. The fourth-order valence-electron chi connectivity index (χ4n) is 2.36. The van der Waals surface area contributed by atoms with Gasteiger partial charge < -0.3 is 20.7 Å². The van der Waals surface area contributed by atoms with Gasteiger partial charge in [-0.3, -0.25) is 9.79 Å². The zero-order valence-corrected chi connectivity index (χ0v) is 18.0. The lowest BCUT2D eigenvalue weighted by Gasteiger charge is -2.16. The van der Waals surface area contributed by atoms with Crippen molar-refractivity contribution in [2.45, 2.75) is 26.4 Å². The van der Waals surface area contributed by atoms with E-state index in [1.54, 1.807) is 7.05 Å². The third-order valence-corrected chi connectivity index (χ3v) is 4.02. The van der Waals surface area contributed by atoms with Gasteiger partial charge in [0.05, 0.1) is 13.2 Å². The average Bonchev–Trinajstić information content (AvgIpc) is 3.47. The van der Waals surface area contributed by atoms with E-state index in [2.05, 4.69) is 40.0 Å². The van der Waals surface area contributed by atoms with Gasteiger partial charge in [0.15, 0.2) is 5.96 Å². The molecule has 2 rings (SSSR count). The number of amides is 1. The number of hydrogen-bond acceptors (Lipinski definition) is 3. The third-order valence-electron chi connectivity index (χ3n) is 4.02. The summed E-state index contributed by atoms with van der Waals surface area (Å²) in [5.74, 6) is 1.55. The van der Waals surface area contributed by atoms with E-state index in [1.807, 2.05) is 18.2 Å². The van der Waals surface area contributed by atoms with E-state index < -0.39 is 0 Å². The van der Waals surface area contributed by atoms with Crippen molar-refractivity contribution in [3.05, 3.63) is 35.9 Å². The summed E-state index contributed by atoms with van der Waals surface area (Å²) in [6, 6.07) is 10.2. The van der Waals surface area contributed by atoms with Gasteiger partial charge in [0.2, 0.25) is 5.91 Å². The van der Waals surface area contributed by atoms with Crippen LogP contribution >= 0.6 is 24.0 Å². The quantitative estimate of drug-likeness (QED) is 0.210. The first-order valence-corrected chi connectivity index (χ1v) is 9.03. The Labute approximate surface area is 173 Å². The number of ether oxygens (including phenoxy) is 1. The second-order valence-corrected chi connectivity index (χ2v) is 6.55. The Kier molecular flexibility index (Phi) is 11.3. The molecular formula is C19H31IN4O2. The van der Waals surface area contributed by atoms with Crippen LogP contribution in [0.15, 0.2) is 35.3 Å². The van der Waals surface area contributed by atoms with Crippen LogP contribution in [0.25, 0.3) is 0 Å². The lowest BCUT2D eigenvalue weighted by Crippen LogP contribution is -2.43. The highest BCUT2D eigenvalue weighted by Crippen LogP contribution is 2.28. The molecule has 0 heterocycles. The van der Waals surface area contributed by atoms with Crippen LogP contribution in [-0.4, -0.2) is 45.2 Å². The van der Waals surface area contributed by atoms with Crippen LogP contribution in [0, 0.1) is 11.8 Å². The molecule has 0 saturated heterocycles. The number of carbonyl (C=O) groups excluding carboxylic acids is 1. The smallest absolute Gasteiger partial charge is 0.223 e. The lowest BCUT2D eigenvalue weighted by molar-refractivity contribution is -0.122. The standard InChI is InChI=1S/C19H30N4O2.HI/c1-15(13-25-14-16-6-4-3-5-7-16)12-23-19(20-2)22-11-10-21-18(24)17-8-9-17;/h3-7,15,17H,8-14H2,1-2H3,(H,21,24)(H2,20,22,23);1H. The summed E-state index contributed by atoms with van der Waals surface area (Å²) < 4.78 is 5.75. The molecule has 0 bridgehead atoms. The lowest BCUT2D eigenvalue weighted by atomic mass is 10.2. The predicted molar refractivity (Wildman–Crippen MR) is 116 cm³/mol. The molecule has 26 heavy (non-hydrogen) atoms. The number of halogens is 1. The number of rotatable bonds is 10. The number of carbonyl (C=O) groups is 1. The number of hydrogen-bond donors (Lipinski definition) is 3. The average molecular weight is 474 g/mol. The zero-order chi connectivity index (χ0) is 17.9. The molecule has 0 radical (unpaired) electrons. The molecule has 6 nitrogen and oxygen atoms in total. The summed E-state index contributed by atoms with van der Waals surface area (Å²) in [5.41, 5.74) is 1.19. The van der Waals surface area contributed by atoms with Gasteiger partial charge in [-0.05, 0) is 24.3 Å². The topological polar surface area (TPSA) is 74.8 Å². The second kappa shape index (κ2) is 12.9. The van der Waals surface area contributed by atoms with Crippen molar-refractivity contribution in [2.75, 3.05) is 33.3 Å². The molecule has 0 aromatic heterocycles. The number of nitrogens with one attached hydrogen (secondary N) is 3. The van der Waals surface area contributed by atoms with Crippen molar-refractivity contribution in [1.82, 2.24) is 16.0 Å². The maximum absolute atomic E-state index is 11.5. The molecule has 1 atom stereocenters. The first-order chi connectivity index (χ1) is 12.2. The molecule has 1 saturated carbocycles. The molecule has 1 amide bonds. The van der Waals surface area contributed by atoms with Crippen molar-refractivity contribution < 1.29 is 9.53 Å². The van der Waals surface area contributed by atoms with Crippen LogP contribution in [0.2, 0.25) is 0 Å². The highest BCUT2D eigenvalue weighted by Gasteiger charge is 2.28. The summed E-state index contributed by atoms with van der Waals surface area (Å²) in [7, 11) is 1.74. The predicted octanol–water partition coefficient (Wildman–Crippen LogP) is 2.15. The molecule has 1 fully saturated rings. The zero-order valence-electron chi connectivity index (χ0n) is 15.7. The van der Waals surface area contributed by atoms with Crippen LogP contribution in [0.4, 0.5) is 0 Å². The van der Waals surface area contributed by atoms with E-state index in [0.29, 0.717) is 32.2 Å². The Morgan fingerprint density at radius 3 is 2.54 bits per heavy atom. The number of nitrogens with zero attached hydrogens (tertiary/aromatic N) is 1. The summed E-state index contributed by atoms with van der Waals surface area (Å²) in [6.45, 7) is 5.53. The minimum atomic E-state index is 0. The largest absolute Gasteiger partial charge is 0.376 e. The summed E-state index contributed by atoms with van der Waals surface area (Å²) >= 11 is 0. The summed E-state index contributed by atoms with van der Waals surface area (Å²) in [4.78, 5) is 15.7. The van der Waals surface area contributed by atoms with Gasteiger partial charge in [-0.2, -0.15) is 0 Å². The van der Waals surface area contributed by atoms with Crippen molar-refractivity contribution in [1.29, 1.82) is 0 Å².